The zero-order valence-corrected chi connectivity index (χ0v) is 24.5. The van der Waals surface area contributed by atoms with Crippen molar-refractivity contribution in [3.8, 4) is 34.8 Å². The first-order chi connectivity index (χ1) is 21.0. The minimum absolute atomic E-state index is 0.0345. The third-order valence-corrected chi connectivity index (χ3v) is 7.46. The van der Waals surface area contributed by atoms with Crippen molar-refractivity contribution < 1.29 is 23.7 Å². The Hall–Kier alpha value is -4.79. The largest absolute Gasteiger partial charge is 0.493 e. The molecule has 2 aliphatic heterocycles. The molecule has 2 aromatic carbocycles. The summed E-state index contributed by atoms with van der Waals surface area (Å²) in [6.07, 6.45) is 3.91. The average Bonchev–Trinajstić information content (AvgIpc) is 3.52. The molecule has 0 aliphatic carbocycles. The van der Waals surface area contributed by atoms with Crippen molar-refractivity contribution in [2.75, 3.05) is 59.1 Å². The highest BCUT2D eigenvalue weighted by atomic mass is 35.5. The first-order valence-electron chi connectivity index (χ1n) is 13.7. The lowest BCUT2D eigenvalue weighted by Crippen LogP contribution is -2.48. The number of hydrogen-bond acceptors (Lipinski definition) is 10. The van der Waals surface area contributed by atoms with Crippen LogP contribution in [0.5, 0.6) is 23.0 Å². The van der Waals surface area contributed by atoms with Crippen LogP contribution in [0, 0.1) is 11.8 Å². The third-order valence-electron chi connectivity index (χ3n) is 7.16. The monoisotopic (exact) mass is 600 g/mol. The number of rotatable bonds is 8. The summed E-state index contributed by atoms with van der Waals surface area (Å²) in [6.45, 7) is 3.32. The zero-order valence-electron chi connectivity index (χ0n) is 23.7. The fourth-order valence-electron chi connectivity index (χ4n) is 4.84. The summed E-state index contributed by atoms with van der Waals surface area (Å²) in [5.41, 5.74) is 2.37. The van der Waals surface area contributed by atoms with E-state index in [9.17, 15) is 4.79 Å². The summed E-state index contributed by atoms with van der Waals surface area (Å²) in [4.78, 5) is 29.0. The van der Waals surface area contributed by atoms with Gasteiger partial charge in [0.1, 0.15) is 23.5 Å². The number of halogens is 1. The quantitative estimate of drug-likeness (QED) is 0.234. The number of aromatic nitrogens is 3. The molecule has 1 N–H and O–H groups in total. The van der Waals surface area contributed by atoms with Crippen LogP contribution in [-0.4, -0.2) is 84.4 Å². The van der Waals surface area contributed by atoms with Gasteiger partial charge in [-0.25, -0.2) is 15.0 Å². The molecule has 0 atom stereocenters. The highest BCUT2D eigenvalue weighted by Crippen LogP contribution is 2.47. The SMILES string of the molecule is COc1cc2c(Nc3c(Cl)cc(C#Cc4ccccn4)c4c3OCO4)ncnc2cc1OCCCN1CCN(C)C(=O)C1. The number of ether oxygens (including phenoxy) is 4. The lowest BCUT2D eigenvalue weighted by Gasteiger charge is -2.31. The average molecular weight is 601 g/mol. The van der Waals surface area contributed by atoms with E-state index in [-0.39, 0.29) is 12.7 Å². The number of nitrogens with one attached hydrogen (secondary N) is 1. The molecule has 0 bridgehead atoms. The summed E-state index contributed by atoms with van der Waals surface area (Å²) in [5.74, 6) is 8.79. The second-order valence-corrected chi connectivity index (χ2v) is 10.4. The van der Waals surface area contributed by atoms with Crippen molar-refractivity contribution in [3.05, 3.63) is 65.2 Å². The topological polar surface area (TPSA) is 111 Å². The van der Waals surface area contributed by atoms with Crippen LogP contribution in [-0.2, 0) is 4.79 Å². The molecular weight excluding hydrogens is 572 g/mol. The van der Waals surface area contributed by atoms with Crippen molar-refractivity contribution in [3.63, 3.8) is 0 Å². The summed E-state index contributed by atoms with van der Waals surface area (Å²) in [6, 6.07) is 10.9. The molecule has 0 radical (unpaired) electrons. The summed E-state index contributed by atoms with van der Waals surface area (Å²) >= 11 is 6.73. The van der Waals surface area contributed by atoms with Gasteiger partial charge in [-0.15, -0.1) is 0 Å². The number of carbonyl (C=O) groups is 1. The molecule has 4 aromatic rings. The van der Waals surface area contributed by atoms with Crippen LogP contribution in [0.2, 0.25) is 5.02 Å². The number of carbonyl (C=O) groups excluding carboxylic acids is 1. The smallest absolute Gasteiger partial charge is 0.236 e. The predicted octanol–water partition coefficient (Wildman–Crippen LogP) is 4.10. The minimum Gasteiger partial charge on any atom is -0.493 e. The lowest BCUT2D eigenvalue weighted by atomic mass is 10.1. The lowest BCUT2D eigenvalue weighted by molar-refractivity contribution is -0.134. The number of methoxy groups -OCH3 is 1. The van der Waals surface area contributed by atoms with E-state index in [1.807, 2.05) is 37.4 Å². The number of amides is 1. The Balaban J connectivity index is 1.21. The maximum absolute atomic E-state index is 12.0. The van der Waals surface area contributed by atoms with Gasteiger partial charge in [0.15, 0.2) is 23.0 Å². The van der Waals surface area contributed by atoms with Gasteiger partial charge in [-0.3, -0.25) is 9.69 Å². The molecule has 43 heavy (non-hydrogen) atoms. The van der Waals surface area contributed by atoms with Crippen molar-refractivity contribution >= 4 is 39.9 Å². The van der Waals surface area contributed by atoms with Crippen LogP contribution in [0.3, 0.4) is 0 Å². The Morgan fingerprint density at radius 3 is 2.77 bits per heavy atom. The van der Waals surface area contributed by atoms with Crippen LogP contribution in [0.25, 0.3) is 10.9 Å². The zero-order chi connectivity index (χ0) is 29.8. The molecule has 2 aliphatic rings. The molecule has 1 saturated heterocycles. The normalized spacial score (nSPS) is 14.4. The number of nitrogens with zero attached hydrogens (tertiary/aromatic N) is 5. The number of anilines is 2. The van der Waals surface area contributed by atoms with E-state index in [1.54, 1.807) is 24.3 Å². The molecule has 6 rings (SSSR count). The van der Waals surface area contributed by atoms with Gasteiger partial charge in [-0.05, 0) is 36.6 Å². The predicted molar refractivity (Wildman–Crippen MR) is 161 cm³/mol. The van der Waals surface area contributed by atoms with Gasteiger partial charge in [-0.2, -0.15) is 0 Å². The molecule has 4 heterocycles. The Kier molecular flexibility index (Phi) is 8.31. The number of benzene rings is 2. The molecule has 2 aromatic heterocycles. The molecule has 12 heteroatoms. The van der Waals surface area contributed by atoms with E-state index < -0.39 is 0 Å². The first kappa shape index (κ1) is 28.3. The van der Waals surface area contributed by atoms with Gasteiger partial charge < -0.3 is 29.2 Å². The van der Waals surface area contributed by atoms with Crippen LogP contribution in [0.4, 0.5) is 11.5 Å². The van der Waals surface area contributed by atoms with E-state index in [1.165, 1.54) is 6.33 Å². The maximum Gasteiger partial charge on any atom is 0.236 e. The number of pyridine rings is 1. The molecule has 11 nitrogen and oxygen atoms in total. The standard InChI is InChI=1S/C31H29ClN6O5/c1-37-11-12-38(17-27(37)39)10-5-13-41-26-16-24-22(15-25(26)40-2)31(35-18-34-24)36-28-23(32)14-20(29-30(28)43-19-42-29)7-8-21-6-3-4-9-33-21/h3-4,6,9,14-16,18H,5,10-13,17,19H2,1-2H3,(H,34,35,36). The Labute approximate surface area is 253 Å². The third kappa shape index (κ3) is 6.21. The van der Waals surface area contributed by atoms with Crippen LogP contribution >= 0.6 is 11.6 Å². The minimum atomic E-state index is 0.0345. The van der Waals surface area contributed by atoms with E-state index >= 15 is 0 Å². The van der Waals surface area contributed by atoms with Crippen molar-refractivity contribution in [2.45, 2.75) is 6.42 Å². The number of hydrogen-bond donors (Lipinski definition) is 1. The Morgan fingerprint density at radius 2 is 1.95 bits per heavy atom. The molecule has 1 fully saturated rings. The van der Waals surface area contributed by atoms with Gasteiger partial charge in [0.25, 0.3) is 0 Å². The van der Waals surface area contributed by atoms with Gasteiger partial charge in [-0.1, -0.05) is 23.6 Å². The fraction of sp³-hybridized carbons (Fsp3) is 0.290. The maximum atomic E-state index is 12.0. The van der Waals surface area contributed by atoms with E-state index in [2.05, 4.69) is 37.0 Å². The molecule has 1 amide bonds. The second-order valence-electron chi connectivity index (χ2n) is 9.97. The summed E-state index contributed by atoms with van der Waals surface area (Å²) in [7, 11) is 3.42. The van der Waals surface area contributed by atoms with Crippen molar-refractivity contribution in [1.82, 2.24) is 24.8 Å². The van der Waals surface area contributed by atoms with Crippen LogP contribution in [0.1, 0.15) is 17.7 Å². The van der Waals surface area contributed by atoms with Gasteiger partial charge in [0.05, 0.1) is 36.4 Å². The summed E-state index contributed by atoms with van der Waals surface area (Å²) in [5, 5.41) is 4.39. The molecule has 0 spiro atoms. The molecule has 0 unspecified atom stereocenters. The molecule has 220 valence electrons. The number of likely N-dealkylation sites (N-methyl/N-ethyl adjacent to an activating group) is 1. The highest BCUT2D eigenvalue weighted by molar-refractivity contribution is 6.34. The van der Waals surface area contributed by atoms with Gasteiger partial charge >= 0.3 is 0 Å². The second kappa shape index (κ2) is 12.6. The van der Waals surface area contributed by atoms with E-state index in [0.717, 1.165) is 26.1 Å². The first-order valence-corrected chi connectivity index (χ1v) is 14.1. The van der Waals surface area contributed by atoms with Gasteiger partial charge in [0, 0.05) is 44.3 Å². The van der Waals surface area contributed by atoms with Crippen molar-refractivity contribution in [1.29, 1.82) is 0 Å². The van der Waals surface area contributed by atoms with Crippen molar-refractivity contribution in [2.24, 2.45) is 0 Å². The van der Waals surface area contributed by atoms with E-state index in [0.29, 0.717) is 74.8 Å². The Bertz CT molecular complexity index is 1730. The fourth-order valence-corrected chi connectivity index (χ4v) is 5.08. The van der Waals surface area contributed by atoms with Gasteiger partial charge in [0.2, 0.25) is 12.7 Å². The van der Waals surface area contributed by atoms with E-state index in [4.69, 9.17) is 30.5 Å². The molecule has 0 saturated carbocycles. The number of fused-ring (bicyclic) bond motifs is 2. The summed E-state index contributed by atoms with van der Waals surface area (Å²) < 4.78 is 23.3. The highest BCUT2D eigenvalue weighted by Gasteiger charge is 2.26. The van der Waals surface area contributed by atoms with Crippen LogP contribution in [0.15, 0.2) is 48.9 Å². The number of piperazine rings is 1. The molecular formula is C31H29ClN6O5. The Morgan fingerprint density at radius 1 is 1.07 bits per heavy atom. The van der Waals surface area contributed by atoms with Crippen LogP contribution < -0.4 is 24.3 Å².